The lowest BCUT2D eigenvalue weighted by Gasteiger charge is -2.31. The Hall–Kier alpha value is -6.21. The van der Waals surface area contributed by atoms with Crippen LogP contribution in [0.2, 0.25) is 0 Å². The molecule has 7 rings (SSSR count). The van der Waals surface area contributed by atoms with Gasteiger partial charge in [-0.15, -0.1) is 0 Å². The van der Waals surface area contributed by atoms with Crippen molar-refractivity contribution in [2.45, 2.75) is 92.1 Å². The van der Waals surface area contributed by atoms with Crippen LogP contribution in [0.3, 0.4) is 0 Å². The van der Waals surface area contributed by atoms with Crippen LogP contribution in [0.1, 0.15) is 140 Å². The molecule has 370 valence electrons. The molecular weight excluding hydrogens is 887 g/mol. The fourth-order valence-corrected chi connectivity index (χ4v) is 9.20. The minimum absolute atomic E-state index is 0.00203. The quantitative estimate of drug-likeness (QED) is 0.0443. The Kier molecular flexibility index (Phi) is 16.2. The number of hydrogen-bond acceptors (Lipinski definition) is 14. The van der Waals surface area contributed by atoms with Crippen LogP contribution in [0.5, 0.6) is 0 Å². The molecule has 1 saturated heterocycles. The first-order chi connectivity index (χ1) is 33.0. The Morgan fingerprint density at radius 3 is 2.35 bits per heavy atom. The van der Waals surface area contributed by atoms with Crippen molar-refractivity contribution < 1.29 is 52.8 Å². The van der Waals surface area contributed by atoms with Crippen molar-refractivity contribution in [2.24, 2.45) is 0 Å². The van der Waals surface area contributed by atoms with Crippen molar-refractivity contribution >= 4 is 63.2 Å². The Morgan fingerprint density at radius 2 is 1.62 bits per heavy atom. The van der Waals surface area contributed by atoms with Gasteiger partial charge in [0.25, 0.3) is 11.8 Å². The van der Waals surface area contributed by atoms with Crippen molar-refractivity contribution in [2.75, 3.05) is 79.0 Å². The van der Waals surface area contributed by atoms with Crippen LogP contribution in [-0.2, 0) is 33.3 Å². The first kappa shape index (κ1) is 50.7. The fraction of sp³-hybridized carbons (Fsp3) is 0.510. The third kappa shape index (κ3) is 11.6. The summed E-state index contributed by atoms with van der Waals surface area (Å²) in [5, 5.41) is 11.8. The maximum absolute atomic E-state index is 15.1. The summed E-state index contributed by atoms with van der Waals surface area (Å²) in [6.45, 7) is 18.5. The van der Waals surface area contributed by atoms with Crippen LogP contribution < -0.4 is 5.32 Å². The number of H-pyrrole nitrogens is 2. The Labute approximate surface area is 402 Å². The van der Waals surface area contributed by atoms with Crippen LogP contribution in [0, 0.1) is 6.92 Å². The molecule has 0 aromatic carbocycles. The number of imide groups is 1. The van der Waals surface area contributed by atoms with Gasteiger partial charge in [0.15, 0.2) is 0 Å². The van der Waals surface area contributed by atoms with Gasteiger partial charge in [-0.05, 0) is 101 Å². The molecule has 2 aromatic heterocycles. The molecule has 0 unspecified atom stereocenters. The van der Waals surface area contributed by atoms with Crippen molar-refractivity contribution in [1.82, 2.24) is 35.1 Å². The van der Waals surface area contributed by atoms with E-state index in [4.69, 9.17) is 33.7 Å². The molecule has 7 heterocycles. The number of aliphatic hydroxyl groups excluding tert-OH is 1. The number of ether oxygens (including phenoxy) is 5. The van der Waals surface area contributed by atoms with Crippen LogP contribution in [-0.4, -0.2) is 149 Å². The lowest BCUT2D eigenvalue weighted by molar-refractivity contribution is -0.145. The van der Waals surface area contributed by atoms with Crippen LogP contribution in [0.4, 0.5) is 4.79 Å². The topological polar surface area (TPSA) is 228 Å². The number of allylic oxidation sites excluding steroid dienone is 5. The minimum atomic E-state index is -0.621. The molecule has 2 atom stereocenters. The van der Waals surface area contributed by atoms with E-state index in [9.17, 15) is 24.3 Å². The minimum Gasteiger partial charge on any atom is -0.463 e. The van der Waals surface area contributed by atoms with E-state index in [0.29, 0.717) is 107 Å². The van der Waals surface area contributed by atoms with E-state index in [1.807, 2.05) is 45.9 Å². The maximum Gasteiger partial charge on any atom is 0.407 e. The highest BCUT2D eigenvalue weighted by atomic mass is 16.6. The fourth-order valence-electron chi connectivity index (χ4n) is 9.20. The predicted molar refractivity (Wildman–Crippen MR) is 259 cm³/mol. The van der Waals surface area contributed by atoms with Gasteiger partial charge in [-0.2, -0.15) is 0 Å². The molecule has 69 heavy (non-hydrogen) atoms. The highest BCUT2D eigenvalue weighted by molar-refractivity contribution is 6.23. The Balaban J connectivity index is 1.30. The molecule has 18 heteroatoms. The Morgan fingerprint density at radius 1 is 0.899 bits per heavy atom. The number of aromatic nitrogens is 4. The smallest absolute Gasteiger partial charge is 0.407 e. The molecule has 2 aromatic rings. The van der Waals surface area contributed by atoms with E-state index in [0.717, 1.165) is 22.4 Å². The number of rotatable bonds is 17. The molecular formula is C51H65N7O11. The summed E-state index contributed by atoms with van der Waals surface area (Å²) in [4.78, 5) is 88.6. The van der Waals surface area contributed by atoms with E-state index in [1.54, 1.807) is 26.8 Å². The summed E-state index contributed by atoms with van der Waals surface area (Å²) in [7, 11) is 0. The summed E-state index contributed by atoms with van der Waals surface area (Å²) >= 11 is 0. The van der Waals surface area contributed by atoms with Gasteiger partial charge in [0.1, 0.15) is 18.8 Å². The normalized spacial score (nSPS) is 18.0. The number of hydrogen-bond donors (Lipinski definition) is 4. The lowest BCUT2D eigenvalue weighted by atomic mass is 9.84. The molecule has 4 N–H and O–H groups in total. The number of carbonyl (C=O) groups excluding carboxylic acids is 5. The number of morpholine rings is 1. The number of aryl methyl sites for hydroxylation is 1. The van der Waals surface area contributed by atoms with Gasteiger partial charge < -0.3 is 44.1 Å². The standard InChI is InChI=1S/C51H65N7O11/c1-9-33-29(2)37-27-41-34(10-12-42(60)67-23-19-59)30(3)36(54-41)26-38-31(4)35(11-13-43(61)68-25-24-65-20-14-52-50(64)69-51(6,7)8)46(55-38)45-47-44(32(5)39(56-47)28-40(33)53-37)48(62)58(49(45)63)16-15-57-17-21-66-22-18-57/h10,12,26-28,31,35,55-56,59H,9,11,13-25H2,1-8H3,(H,52,64)/b12-10+,38-26?,40-28?,41-27?,46-45?/t31-,35-/m0/s1. The van der Waals surface area contributed by atoms with Gasteiger partial charge in [-0.25, -0.2) is 19.6 Å². The first-order valence-electron chi connectivity index (χ1n) is 23.8. The van der Waals surface area contributed by atoms with Crippen molar-refractivity contribution in [3.8, 4) is 0 Å². The van der Waals surface area contributed by atoms with Gasteiger partial charge in [-0.1, -0.05) is 13.8 Å². The average molecular weight is 952 g/mol. The number of aliphatic hydroxyl groups is 1. The number of nitrogens with one attached hydrogen (secondary N) is 3. The number of amides is 3. The number of aromatic amines is 2. The molecule has 0 spiro atoms. The largest absolute Gasteiger partial charge is 0.463 e. The average Bonchev–Trinajstić information content (AvgIpc) is 3.99. The highest BCUT2D eigenvalue weighted by Crippen LogP contribution is 2.45. The summed E-state index contributed by atoms with van der Waals surface area (Å²) in [5.74, 6) is -2.59. The lowest BCUT2D eigenvalue weighted by Crippen LogP contribution is -2.47. The number of nitrogens with zero attached hydrogens (tertiary/aromatic N) is 4. The molecule has 18 nitrogen and oxygen atoms in total. The highest BCUT2D eigenvalue weighted by Gasteiger charge is 2.41. The van der Waals surface area contributed by atoms with Gasteiger partial charge in [0, 0.05) is 79.5 Å². The molecule has 1 fully saturated rings. The SMILES string of the molecule is CCC1=C(C)c2cc3nc(cc4[nH]c(c5c6[nH]c(cc1n2)c(C)c6C(=O)N(CCN1CCOCC1)C5=O)[C@@H](CCC(=O)OCCOCCNC(=O)OC(C)(C)C)[C@@H]4C)C(C)=C3/C=C/C(=O)OCCO. The van der Waals surface area contributed by atoms with Gasteiger partial charge >= 0.3 is 18.0 Å². The Bertz CT molecular complexity index is 2650. The van der Waals surface area contributed by atoms with E-state index in [-0.39, 0.29) is 64.4 Å². The van der Waals surface area contributed by atoms with Gasteiger partial charge in [0.05, 0.1) is 72.5 Å². The molecule has 0 saturated carbocycles. The maximum atomic E-state index is 15.1. The zero-order valence-corrected chi connectivity index (χ0v) is 41.0. The molecule has 8 bridgehead atoms. The van der Waals surface area contributed by atoms with Crippen molar-refractivity contribution in [1.29, 1.82) is 0 Å². The predicted octanol–water partition coefficient (Wildman–Crippen LogP) is 6.39. The molecule has 0 aliphatic carbocycles. The van der Waals surface area contributed by atoms with Crippen LogP contribution >= 0.6 is 0 Å². The summed E-state index contributed by atoms with van der Waals surface area (Å²) in [6.07, 6.45) is 3.40. The summed E-state index contributed by atoms with van der Waals surface area (Å²) in [6, 6.07) is 5.77. The van der Waals surface area contributed by atoms with E-state index >= 15 is 4.79 Å². The first-order valence-corrected chi connectivity index (χ1v) is 23.8. The molecule has 3 amide bonds. The van der Waals surface area contributed by atoms with E-state index in [1.165, 1.54) is 11.0 Å². The second kappa shape index (κ2) is 22.0. The molecule has 5 aliphatic heterocycles. The van der Waals surface area contributed by atoms with Crippen LogP contribution in [0.25, 0.3) is 33.3 Å². The molecule has 0 radical (unpaired) electrons. The zero-order chi connectivity index (χ0) is 49.6. The van der Waals surface area contributed by atoms with Gasteiger partial charge in [0.2, 0.25) is 0 Å². The van der Waals surface area contributed by atoms with Crippen molar-refractivity contribution in [3.05, 3.63) is 81.2 Å². The second-order valence-electron chi connectivity index (χ2n) is 18.6. The summed E-state index contributed by atoms with van der Waals surface area (Å²) < 4.78 is 27.1. The van der Waals surface area contributed by atoms with Crippen molar-refractivity contribution in [3.63, 3.8) is 0 Å². The van der Waals surface area contributed by atoms with E-state index in [2.05, 4.69) is 27.1 Å². The van der Waals surface area contributed by atoms with Crippen LogP contribution in [0.15, 0.2) is 30.4 Å². The second-order valence-corrected chi connectivity index (χ2v) is 18.6. The number of carbonyl (C=O) groups is 5. The van der Waals surface area contributed by atoms with Gasteiger partial charge in [-0.3, -0.25) is 24.2 Å². The zero-order valence-electron chi connectivity index (χ0n) is 41.0. The summed E-state index contributed by atoms with van der Waals surface area (Å²) in [5.41, 5.74) is 9.12. The monoisotopic (exact) mass is 951 g/mol. The number of esters is 2. The molecule has 5 aliphatic rings. The number of fused-ring (bicyclic) bond motifs is 8. The third-order valence-electron chi connectivity index (χ3n) is 12.9. The number of alkyl carbamates (subject to hydrolysis) is 1. The third-order valence-corrected chi connectivity index (χ3v) is 12.9. The van der Waals surface area contributed by atoms with E-state index < -0.39 is 35.5 Å².